The Hall–Kier alpha value is -2.87. The van der Waals surface area contributed by atoms with Gasteiger partial charge in [-0.15, -0.1) is 4.40 Å². The summed E-state index contributed by atoms with van der Waals surface area (Å²) in [6.07, 6.45) is 0.282. The summed E-state index contributed by atoms with van der Waals surface area (Å²) in [6, 6.07) is 13.5. The minimum absolute atomic E-state index is 0.0979. The molecule has 0 aliphatic carbocycles. The van der Waals surface area contributed by atoms with Crippen LogP contribution in [0.15, 0.2) is 57.8 Å². The first kappa shape index (κ1) is 17.0. The zero-order valence-electron chi connectivity index (χ0n) is 13.5. The van der Waals surface area contributed by atoms with Crippen LogP contribution in [-0.2, 0) is 14.8 Å². The molecule has 1 aliphatic rings. The predicted octanol–water partition coefficient (Wildman–Crippen LogP) is 2.63. The van der Waals surface area contributed by atoms with Crippen molar-refractivity contribution in [3.8, 4) is 5.75 Å². The summed E-state index contributed by atoms with van der Waals surface area (Å²) in [7, 11) is -2.18. The van der Waals surface area contributed by atoms with Gasteiger partial charge >= 0.3 is 0 Å². The number of methoxy groups -OCH3 is 1. The number of carbonyl (C=O) groups is 1. The van der Waals surface area contributed by atoms with Crippen molar-refractivity contribution in [2.24, 2.45) is 4.40 Å². The minimum atomic E-state index is -3.73. The minimum Gasteiger partial charge on any atom is -0.497 e. The second kappa shape index (κ2) is 6.94. The van der Waals surface area contributed by atoms with E-state index in [1.807, 2.05) is 0 Å². The number of rotatable bonds is 5. The van der Waals surface area contributed by atoms with Crippen molar-refractivity contribution < 1.29 is 17.9 Å². The smallest absolute Gasteiger partial charge is 0.286 e. The maximum Gasteiger partial charge on any atom is 0.286 e. The van der Waals surface area contributed by atoms with Gasteiger partial charge in [0.15, 0.2) is 0 Å². The average molecular weight is 359 g/mol. The van der Waals surface area contributed by atoms with Gasteiger partial charge in [0.25, 0.3) is 10.0 Å². The quantitative estimate of drug-likeness (QED) is 0.855. The lowest BCUT2D eigenvalue weighted by Crippen LogP contribution is -2.23. The number of nitrogens with one attached hydrogen (secondary N) is 2. The molecule has 1 aliphatic heterocycles. The van der Waals surface area contributed by atoms with Crippen LogP contribution in [-0.4, -0.2) is 27.3 Å². The van der Waals surface area contributed by atoms with Crippen LogP contribution >= 0.6 is 0 Å². The molecule has 2 aromatic rings. The Bertz CT molecular complexity index is 938. The molecule has 2 N–H and O–H groups in total. The summed E-state index contributed by atoms with van der Waals surface area (Å²) in [5, 5.41) is 5.71. The number of hydrogen-bond donors (Lipinski definition) is 2. The number of amides is 1. The fourth-order valence-corrected chi connectivity index (χ4v) is 3.60. The van der Waals surface area contributed by atoms with Crippen molar-refractivity contribution in [1.82, 2.24) is 0 Å². The number of sulfonamides is 1. The predicted molar refractivity (Wildman–Crippen MR) is 95.5 cm³/mol. The highest BCUT2D eigenvalue weighted by atomic mass is 32.2. The highest BCUT2D eigenvalue weighted by Crippen LogP contribution is 2.27. The molecule has 2 aromatic carbocycles. The van der Waals surface area contributed by atoms with Gasteiger partial charge in [-0.05, 0) is 24.3 Å². The van der Waals surface area contributed by atoms with Crippen molar-refractivity contribution in [3.63, 3.8) is 0 Å². The Morgan fingerprint density at radius 2 is 2.00 bits per heavy atom. The van der Waals surface area contributed by atoms with E-state index in [-0.39, 0.29) is 29.5 Å². The summed E-state index contributed by atoms with van der Waals surface area (Å²) in [5.74, 6) is 0.646. The third kappa shape index (κ3) is 3.97. The molecular formula is C17H17N3O4S. The molecule has 1 heterocycles. The Morgan fingerprint density at radius 3 is 2.80 bits per heavy atom. The summed E-state index contributed by atoms with van der Waals surface area (Å²) in [6.45, 7) is 0. The first-order chi connectivity index (χ1) is 12.0. The van der Waals surface area contributed by atoms with Gasteiger partial charge in [0.05, 0.1) is 12.8 Å². The van der Waals surface area contributed by atoms with Crippen LogP contribution in [0.25, 0.3) is 0 Å². The molecule has 3 rings (SSSR count). The number of benzene rings is 2. The number of fused-ring (bicyclic) bond motifs is 1. The van der Waals surface area contributed by atoms with Crippen molar-refractivity contribution in [1.29, 1.82) is 0 Å². The van der Waals surface area contributed by atoms with E-state index < -0.39 is 10.0 Å². The number of nitrogens with zero attached hydrogens (tertiary/aromatic N) is 1. The fraction of sp³-hybridized carbons (Fsp3) is 0.176. The van der Waals surface area contributed by atoms with E-state index in [2.05, 4.69) is 15.0 Å². The number of amidine groups is 1. The summed E-state index contributed by atoms with van der Waals surface area (Å²) < 4.78 is 33.1. The maximum atomic E-state index is 12.1. The standard InChI is InChI=1S/C17H17N3O4S/c1-24-13-6-4-5-12(11-13)18-17(21)10-9-16-19-14-7-2-3-8-15(14)25(22,23)20-16/h2-8,11H,9-10H2,1H3,(H,18,21)(H,19,20). The second-order valence-corrected chi connectivity index (χ2v) is 6.99. The van der Waals surface area contributed by atoms with Crippen molar-refractivity contribution in [2.75, 3.05) is 17.7 Å². The Balaban J connectivity index is 1.64. The number of para-hydroxylation sites is 1. The van der Waals surface area contributed by atoms with E-state index in [1.54, 1.807) is 49.6 Å². The van der Waals surface area contributed by atoms with Gasteiger partial charge in [0.1, 0.15) is 16.5 Å². The molecule has 0 spiro atoms. The zero-order chi connectivity index (χ0) is 17.9. The van der Waals surface area contributed by atoms with E-state index >= 15 is 0 Å². The monoisotopic (exact) mass is 359 g/mol. The molecule has 0 saturated carbocycles. The van der Waals surface area contributed by atoms with E-state index in [4.69, 9.17) is 4.74 Å². The molecule has 0 bridgehead atoms. The van der Waals surface area contributed by atoms with Crippen molar-refractivity contribution in [3.05, 3.63) is 48.5 Å². The molecule has 0 radical (unpaired) electrons. The van der Waals surface area contributed by atoms with Crippen LogP contribution in [0.2, 0.25) is 0 Å². The summed E-state index contributed by atoms with van der Waals surface area (Å²) in [4.78, 5) is 12.2. The van der Waals surface area contributed by atoms with Gasteiger partial charge in [-0.3, -0.25) is 4.79 Å². The number of anilines is 2. The largest absolute Gasteiger partial charge is 0.497 e. The molecule has 0 aromatic heterocycles. The van der Waals surface area contributed by atoms with E-state index in [0.717, 1.165) is 0 Å². The molecule has 0 saturated heterocycles. The van der Waals surface area contributed by atoms with Crippen LogP contribution in [0.4, 0.5) is 11.4 Å². The van der Waals surface area contributed by atoms with Crippen LogP contribution < -0.4 is 15.4 Å². The maximum absolute atomic E-state index is 12.1. The third-order valence-electron chi connectivity index (χ3n) is 3.62. The van der Waals surface area contributed by atoms with Crippen molar-refractivity contribution in [2.45, 2.75) is 17.7 Å². The van der Waals surface area contributed by atoms with Crippen LogP contribution in [0.3, 0.4) is 0 Å². The molecule has 7 nitrogen and oxygen atoms in total. The lowest BCUT2D eigenvalue weighted by Gasteiger charge is -2.17. The summed E-state index contributed by atoms with van der Waals surface area (Å²) >= 11 is 0. The molecule has 1 amide bonds. The molecule has 25 heavy (non-hydrogen) atoms. The molecule has 0 fully saturated rings. The zero-order valence-corrected chi connectivity index (χ0v) is 14.3. The first-order valence-electron chi connectivity index (χ1n) is 7.62. The van der Waals surface area contributed by atoms with Crippen LogP contribution in [0.5, 0.6) is 5.75 Å². The molecular weight excluding hydrogens is 342 g/mol. The lowest BCUT2D eigenvalue weighted by molar-refractivity contribution is -0.116. The molecule has 8 heteroatoms. The van der Waals surface area contributed by atoms with E-state index in [9.17, 15) is 13.2 Å². The molecule has 130 valence electrons. The number of carbonyl (C=O) groups excluding carboxylic acids is 1. The van der Waals surface area contributed by atoms with E-state index in [0.29, 0.717) is 17.1 Å². The number of ether oxygens (including phenoxy) is 1. The Labute approximate surface area is 145 Å². The Kier molecular flexibility index (Phi) is 4.71. The SMILES string of the molecule is COc1cccc(NC(=O)CCC2=NS(=O)(=O)c3ccccc3N2)c1. The van der Waals surface area contributed by atoms with Gasteiger partial charge in [-0.2, -0.15) is 8.42 Å². The first-order valence-corrected chi connectivity index (χ1v) is 9.06. The van der Waals surface area contributed by atoms with Gasteiger partial charge < -0.3 is 15.4 Å². The highest BCUT2D eigenvalue weighted by Gasteiger charge is 2.24. The molecule has 0 unspecified atom stereocenters. The fourth-order valence-electron chi connectivity index (χ4n) is 2.43. The van der Waals surface area contributed by atoms with E-state index in [1.165, 1.54) is 6.07 Å². The van der Waals surface area contributed by atoms with Gasteiger partial charge in [-0.25, -0.2) is 0 Å². The average Bonchev–Trinajstić information content (AvgIpc) is 2.60. The highest BCUT2D eigenvalue weighted by molar-refractivity contribution is 7.90. The van der Waals surface area contributed by atoms with Gasteiger partial charge in [-0.1, -0.05) is 18.2 Å². The summed E-state index contributed by atoms with van der Waals surface area (Å²) in [5.41, 5.74) is 1.08. The van der Waals surface area contributed by atoms with Crippen LogP contribution in [0.1, 0.15) is 12.8 Å². The lowest BCUT2D eigenvalue weighted by atomic mass is 10.2. The normalized spacial score (nSPS) is 14.7. The third-order valence-corrected chi connectivity index (χ3v) is 4.99. The van der Waals surface area contributed by atoms with Gasteiger partial charge in [0, 0.05) is 24.6 Å². The van der Waals surface area contributed by atoms with Crippen molar-refractivity contribution >= 4 is 33.1 Å². The Morgan fingerprint density at radius 1 is 1.20 bits per heavy atom. The topological polar surface area (TPSA) is 96.9 Å². The number of hydrogen-bond acceptors (Lipinski definition) is 5. The second-order valence-electron chi connectivity index (χ2n) is 5.41. The van der Waals surface area contributed by atoms with Crippen LogP contribution in [0, 0.1) is 0 Å². The molecule has 0 atom stereocenters. The van der Waals surface area contributed by atoms with Gasteiger partial charge in [0.2, 0.25) is 5.91 Å².